The van der Waals surface area contributed by atoms with Crippen LogP contribution < -0.4 is 25.2 Å². The van der Waals surface area contributed by atoms with E-state index in [1.807, 2.05) is 80.1 Å². The maximum absolute atomic E-state index is 12.1. The van der Waals surface area contributed by atoms with E-state index in [0.717, 1.165) is 31.7 Å². The zero-order valence-corrected chi connectivity index (χ0v) is 25.3. The Morgan fingerprint density at radius 3 is 2.41 bits per heavy atom. The van der Waals surface area contributed by atoms with Crippen molar-refractivity contribution in [3.63, 3.8) is 0 Å². The van der Waals surface area contributed by atoms with Crippen LogP contribution in [-0.2, 0) is 16.1 Å². The summed E-state index contributed by atoms with van der Waals surface area (Å²) < 4.78 is 25.5. The van der Waals surface area contributed by atoms with Crippen molar-refractivity contribution in [3.05, 3.63) is 82.0 Å². The molecule has 214 valence electrons. The lowest BCUT2D eigenvalue weighted by atomic mass is 9.98. The number of pyridine rings is 1. The molecule has 4 aromatic rings. The summed E-state index contributed by atoms with van der Waals surface area (Å²) in [5.74, 6) is 2.51. The maximum atomic E-state index is 12.1. The van der Waals surface area contributed by atoms with E-state index in [0.29, 0.717) is 23.8 Å². The number of benzene rings is 2. The number of esters is 1. The van der Waals surface area contributed by atoms with Gasteiger partial charge in [-0.1, -0.05) is 12.1 Å². The molecule has 0 saturated carbocycles. The van der Waals surface area contributed by atoms with E-state index in [1.165, 1.54) is 0 Å². The molecule has 2 aromatic heterocycles. The quantitative estimate of drug-likeness (QED) is 0.177. The van der Waals surface area contributed by atoms with E-state index in [-0.39, 0.29) is 19.3 Å². The Morgan fingerprint density at radius 1 is 1.00 bits per heavy atom. The van der Waals surface area contributed by atoms with Crippen LogP contribution >= 0.6 is 22.6 Å². The second kappa shape index (κ2) is 12.2. The first-order valence-electron chi connectivity index (χ1n) is 12.9. The van der Waals surface area contributed by atoms with Crippen LogP contribution in [0, 0.1) is 9.12 Å². The average Bonchev–Trinajstić information content (AvgIpc) is 3.55. The molecule has 1 aliphatic rings. The highest BCUT2D eigenvalue weighted by Crippen LogP contribution is 2.33. The van der Waals surface area contributed by atoms with Crippen molar-refractivity contribution in [1.29, 1.82) is 0 Å². The number of methoxy groups -OCH3 is 1. The summed E-state index contributed by atoms with van der Waals surface area (Å²) in [6.07, 6.45) is 3.48. The Labute approximate surface area is 251 Å². The Hall–Kier alpha value is -4.04. The second-order valence-corrected chi connectivity index (χ2v) is 11.3. The van der Waals surface area contributed by atoms with Crippen molar-refractivity contribution >= 4 is 39.6 Å². The molecular weight excluding hydrogens is 639 g/mol. The standard InChI is InChI=1S/C29H31IN6O5/c1-29(2,3)28(37)40-18-36-20(15-32-34-36)17-39-22-9-11-23(12-10-22)41-24-13-14-31-27-25(24)26(30)33-35(27)16-19-5-7-21(38-4)8-6-19/h5-15,32,34H,16-18H2,1-4H3. The number of hydrogen-bond donors (Lipinski definition) is 2. The maximum Gasteiger partial charge on any atom is 0.312 e. The molecule has 0 fully saturated rings. The lowest BCUT2D eigenvalue weighted by molar-refractivity contribution is -0.158. The Balaban J connectivity index is 1.21. The van der Waals surface area contributed by atoms with E-state index in [1.54, 1.807) is 24.5 Å². The Kier molecular flexibility index (Phi) is 8.49. The van der Waals surface area contributed by atoms with E-state index in [9.17, 15) is 4.79 Å². The minimum absolute atomic E-state index is 0.0565. The smallest absolute Gasteiger partial charge is 0.312 e. The summed E-state index contributed by atoms with van der Waals surface area (Å²) >= 11 is 2.21. The molecule has 0 unspecified atom stereocenters. The van der Waals surface area contributed by atoms with Crippen LogP contribution in [0.15, 0.2) is 72.7 Å². The van der Waals surface area contributed by atoms with Crippen molar-refractivity contribution in [1.82, 2.24) is 30.7 Å². The molecule has 0 aliphatic carbocycles. The lowest BCUT2D eigenvalue weighted by Crippen LogP contribution is -2.41. The van der Waals surface area contributed by atoms with Crippen LogP contribution in [-0.4, -0.2) is 46.2 Å². The van der Waals surface area contributed by atoms with Crippen molar-refractivity contribution in [3.8, 4) is 23.0 Å². The molecule has 0 saturated heterocycles. The second-order valence-electron chi connectivity index (χ2n) is 10.3. The van der Waals surface area contributed by atoms with Crippen molar-refractivity contribution in [2.24, 2.45) is 5.41 Å². The number of fused-ring (bicyclic) bond motifs is 1. The van der Waals surface area contributed by atoms with Gasteiger partial charge in [-0.25, -0.2) is 9.67 Å². The third-order valence-electron chi connectivity index (χ3n) is 6.20. The highest BCUT2D eigenvalue weighted by atomic mass is 127. The molecule has 0 radical (unpaired) electrons. The number of halogens is 1. The monoisotopic (exact) mass is 670 g/mol. The molecular formula is C29H31IN6O5. The summed E-state index contributed by atoms with van der Waals surface area (Å²) in [6, 6.07) is 17.1. The van der Waals surface area contributed by atoms with Crippen LogP contribution in [0.5, 0.6) is 23.0 Å². The fourth-order valence-corrected chi connectivity index (χ4v) is 4.70. The zero-order chi connectivity index (χ0) is 29.0. The molecule has 0 atom stereocenters. The van der Waals surface area contributed by atoms with Gasteiger partial charge < -0.3 is 24.4 Å². The number of carbonyl (C=O) groups is 1. The molecule has 0 spiro atoms. The van der Waals surface area contributed by atoms with Gasteiger partial charge in [0, 0.05) is 18.5 Å². The van der Waals surface area contributed by atoms with Gasteiger partial charge in [0.05, 0.1) is 30.2 Å². The van der Waals surface area contributed by atoms with E-state index < -0.39 is 5.41 Å². The zero-order valence-electron chi connectivity index (χ0n) is 23.2. The predicted octanol–water partition coefficient (Wildman–Crippen LogP) is 4.98. The first kappa shape index (κ1) is 28.5. The minimum atomic E-state index is -0.574. The first-order chi connectivity index (χ1) is 19.7. The minimum Gasteiger partial charge on any atom is -0.497 e. The molecule has 11 nitrogen and oxygen atoms in total. The number of rotatable bonds is 10. The normalized spacial score (nSPS) is 13.1. The molecule has 3 heterocycles. The fourth-order valence-electron chi connectivity index (χ4n) is 3.93. The topological polar surface area (TPSA) is 112 Å². The van der Waals surface area contributed by atoms with Gasteiger partial charge in [0.15, 0.2) is 12.4 Å². The number of ether oxygens (including phenoxy) is 4. The van der Waals surface area contributed by atoms with Gasteiger partial charge in [-0.05, 0) is 85.3 Å². The van der Waals surface area contributed by atoms with E-state index in [4.69, 9.17) is 24.0 Å². The highest BCUT2D eigenvalue weighted by Gasteiger charge is 2.25. The third kappa shape index (κ3) is 6.82. The third-order valence-corrected chi connectivity index (χ3v) is 6.96. The summed E-state index contributed by atoms with van der Waals surface area (Å²) in [6.45, 7) is 6.34. The molecule has 0 bridgehead atoms. The average molecular weight is 671 g/mol. The van der Waals surface area contributed by atoms with Gasteiger partial charge in [-0.2, -0.15) is 5.10 Å². The van der Waals surface area contributed by atoms with Crippen LogP contribution in [0.4, 0.5) is 0 Å². The van der Waals surface area contributed by atoms with E-state index in [2.05, 4.69) is 38.5 Å². The van der Waals surface area contributed by atoms with E-state index >= 15 is 0 Å². The molecule has 1 aliphatic heterocycles. The predicted molar refractivity (Wildman–Crippen MR) is 161 cm³/mol. The van der Waals surface area contributed by atoms with Crippen molar-refractivity contribution in [2.75, 3.05) is 20.4 Å². The largest absolute Gasteiger partial charge is 0.497 e. The van der Waals surface area contributed by atoms with Crippen LogP contribution in [0.1, 0.15) is 26.3 Å². The SMILES string of the molecule is COc1ccc(Cn2nc(I)c3c(Oc4ccc(OCC5=CNNN5COC(=O)C(C)(C)C)cc4)ccnc32)cc1. The van der Waals surface area contributed by atoms with Gasteiger partial charge in [-0.15, -0.1) is 5.53 Å². The highest BCUT2D eigenvalue weighted by molar-refractivity contribution is 14.1. The first-order valence-corrected chi connectivity index (χ1v) is 14.0. The summed E-state index contributed by atoms with van der Waals surface area (Å²) in [4.78, 5) is 16.7. The van der Waals surface area contributed by atoms with Crippen LogP contribution in [0.3, 0.4) is 0 Å². The number of hydrogen-bond acceptors (Lipinski definition) is 10. The van der Waals surface area contributed by atoms with Crippen molar-refractivity contribution < 1.29 is 23.7 Å². The number of nitrogens with zero attached hydrogens (tertiary/aromatic N) is 4. The van der Waals surface area contributed by atoms with Gasteiger partial charge in [-0.3, -0.25) is 9.80 Å². The summed E-state index contributed by atoms with van der Waals surface area (Å²) in [7, 11) is 1.65. The Morgan fingerprint density at radius 2 is 1.71 bits per heavy atom. The van der Waals surface area contributed by atoms with Crippen LogP contribution in [0.25, 0.3) is 11.0 Å². The molecule has 41 heavy (non-hydrogen) atoms. The molecule has 2 aromatic carbocycles. The lowest BCUT2D eigenvalue weighted by Gasteiger charge is -2.23. The number of nitrogens with one attached hydrogen (secondary N) is 2. The molecule has 12 heteroatoms. The summed E-state index contributed by atoms with van der Waals surface area (Å²) in [5.41, 5.74) is 7.86. The van der Waals surface area contributed by atoms with Gasteiger partial charge in [0.1, 0.15) is 33.3 Å². The number of hydrazine groups is 2. The number of carbonyl (C=O) groups excluding carboxylic acids is 1. The molecule has 0 amide bonds. The van der Waals surface area contributed by atoms with Gasteiger partial charge in [0.2, 0.25) is 0 Å². The fraction of sp³-hybridized carbons (Fsp3) is 0.276. The number of aromatic nitrogens is 3. The molecule has 5 rings (SSSR count). The Bertz CT molecular complexity index is 1550. The van der Waals surface area contributed by atoms with Gasteiger partial charge >= 0.3 is 5.97 Å². The van der Waals surface area contributed by atoms with Crippen molar-refractivity contribution in [2.45, 2.75) is 27.3 Å². The van der Waals surface area contributed by atoms with Crippen LogP contribution in [0.2, 0.25) is 0 Å². The summed E-state index contributed by atoms with van der Waals surface area (Å²) in [5, 5.41) is 7.23. The molecule has 2 N–H and O–H groups in total. The van der Waals surface area contributed by atoms with Gasteiger partial charge in [0.25, 0.3) is 0 Å².